The second kappa shape index (κ2) is 6.85. The number of carbonyl (C=O) groups is 1. The molecule has 0 aliphatic heterocycles. The third-order valence-corrected chi connectivity index (χ3v) is 5.81. The smallest absolute Gasteiger partial charge is 0.265 e. The van der Waals surface area contributed by atoms with E-state index in [-0.39, 0.29) is 5.91 Å². The van der Waals surface area contributed by atoms with Crippen molar-refractivity contribution in [1.29, 1.82) is 0 Å². The molecule has 0 aliphatic carbocycles. The number of nitrogens with zero attached hydrogens (tertiary/aromatic N) is 1. The van der Waals surface area contributed by atoms with Gasteiger partial charge in [-0.1, -0.05) is 12.1 Å². The lowest BCUT2D eigenvalue weighted by atomic mass is 10.2. The van der Waals surface area contributed by atoms with Crippen LogP contribution in [0.25, 0.3) is 0 Å². The third kappa shape index (κ3) is 4.15. The van der Waals surface area contributed by atoms with Gasteiger partial charge in [0.1, 0.15) is 0 Å². The van der Waals surface area contributed by atoms with Crippen LogP contribution in [-0.4, -0.2) is 24.9 Å². The molecule has 0 unspecified atom stereocenters. The predicted molar refractivity (Wildman–Crippen MR) is 91.5 cm³/mol. The van der Waals surface area contributed by atoms with Gasteiger partial charge in [0.05, 0.1) is 8.66 Å². The third-order valence-electron chi connectivity index (χ3n) is 2.55. The lowest BCUT2D eigenvalue weighted by Crippen LogP contribution is -2.12. The van der Waals surface area contributed by atoms with Crippen molar-refractivity contribution < 1.29 is 4.79 Å². The van der Waals surface area contributed by atoms with E-state index < -0.39 is 0 Å². The Kier molecular flexibility index (Phi) is 5.37. The normalized spacial score (nSPS) is 10.8. The number of carbonyl (C=O) groups excluding carboxylic acids is 1. The molecule has 106 valence electrons. The summed E-state index contributed by atoms with van der Waals surface area (Å²) in [6.07, 6.45) is 0. The molecule has 0 radical (unpaired) electrons. The average molecular weight is 418 g/mol. The number of thiophene rings is 1. The first-order valence-corrected chi connectivity index (χ1v) is 8.36. The molecule has 20 heavy (non-hydrogen) atoms. The summed E-state index contributed by atoms with van der Waals surface area (Å²) in [5.74, 6) is -0.0941. The zero-order chi connectivity index (χ0) is 14.7. The molecule has 0 saturated heterocycles. The number of amides is 1. The first-order chi connectivity index (χ1) is 9.45. The largest absolute Gasteiger partial charge is 0.321 e. The van der Waals surface area contributed by atoms with E-state index in [1.807, 2.05) is 44.4 Å². The molecule has 6 heteroatoms. The number of hydrogen-bond donors (Lipinski definition) is 1. The van der Waals surface area contributed by atoms with Gasteiger partial charge in [0, 0.05) is 16.7 Å². The molecule has 1 N–H and O–H groups in total. The summed E-state index contributed by atoms with van der Waals surface area (Å²) < 4.78 is 1.82. The van der Waals surface area contributed by atoms with E-state index in [9.17, 15) is 4.79 Å². The van der Waals surface area contributed by atoms with Gasteiger partial charge < -0.3 is 10.2 Å². The van der Waals surface area contributed by atoms with Crippen molar-refractivity contribution >= 4 is 54.8 Å². The highest BCUT2D eigenvalue weighted by atomic mass is 79.9. The Morgan fingerprint density at radius 1 is 1.30 bits per heavy atom. The highest BCUT2D eigenvalue weighted by Crippen LogP contribution is 2.32. The van der Waals surface area contributed by atoms with Gasteiger partial charge in [-0.2, -0.15) is 0 Å². The summed E-state index contributed by atoms with van der Waals surface area (Å²) in [7, 11) is 4.04. The fourth-order valence-corrected chi connectivity index (χ4v) is 3.69. The van der Waals surface area contributed by atoms with E-state index in [0.717, 1.165) is 20.5 Å². The number of benzene rings is 1. The average Bonchev–Trinajstić information content (AvgIpc) is 2.69. The van der Waals surface area contributed by atoms with Crippen molar-refractivity contribution in [3.05, 3.63) is 49.0 Å². The first-order valence-electron chi connectivity index (χ1n) is 5.95. The summed E-state index contributed by atoms with van der Waals surface area (Å²) in [6.45, 7) is 0.847. The Balaban J connectivity index is 2.11. The summed E-state index contributed by atoms with van der Waals surface area (Å²) in [4.78, 5) is 14.9. The maximum atomic E-state index is 12.2. The van der Waals surface area contributed by atoms with Crippen molar-refractivity contribution in [2.45, 2.75) is 6.54 Å². The number of nitrogens with one attached hydrogen (secondary N) is 1. The molecular formula is C14H14Br2N2OS. The zero-order valence-electron chi connectivity index (χ0n) is 11.1. The molecule has 1 heterocycles. The van der Waals surface area contributed by atoms with Gasteiger partial charge in [0.15, 0.2) is 0 Å². The van der Waals surface area contributed by atoms with Crippen LogP contribution in [-0.2, 0) is 6.54 Å². The van der Waals surface area contributed by atoms with Crippen LogP contribution in [0.15, 0.2) is 38.6 Å². The van der Waals surface area contributed by atoms with Crippen LogP contribution in [0, 0.1) is 0 Å². The van der Waals surface area contributed by atoms with Gasteiger partial charge in [0.25, 0.3) is 5.91 Å². The van der Waals surface area contributed by atoms with Crippen molar-refractivity contribution in [2.24, 2.45) is 0 Å². The summed E-state index contributed by atoms with van der Waals surface area (Å²) in [5, 5.41) is 2.92. The van der Waals surface area contributed by atoms with Crippen LogP contribution < -0.4 is 5.32 Å². The molecule has 2 aromatic rings. The Morgan fingerprint density at radius 3 is 2.65 bits per heavy atom. The van der Waals surface area contributed by atoms with Crippen LogP contribution >= 0.6 is 43.2 Å². The standard InChI is InChI=1S/C14H14Br2N2OS/c1-18(2)8-9-4-3-5-10(6-9)17-14(19)12-7-11(15)13(16)20-12/h3-7H,8H2,1-2H3,(H,17,19). The lowest BCUT2D eigenvalue weighted by molar-refractivity contribution is 0.103. The lowest BCUT2D eigenvalue weighted by Gasteiger charge is -2.11. The van der Waals surface area contributed by atoms with E-state index in [1.54, 1.807) is 0 Å². The van der Waals surface area contributed by atoms with Gasteiger partial charge in [-0.05, 0) is 69.7 Å². The summed E-state index contributed by atoms with van der Waals surface area (Å²) in [6, 6.07) is 9.71. The Bertz CT molecular complexity index is 606. The maximum Gasteiger partial charge on any atom is 0.265 e. The minimum atomic E-state index is -0.0941. The maximum absolute atomic E-state index is 12.2. The monoisotopic (exact) mass is 416 g/mol. The van der Waals surface area contributed by atoms with Gasteiger partial charge in [-0.3, -0.25) is 4.79 Å². The molecule has 1 amide bonds. The van der Waals surface area contributed by atoms with Crippen LogP contribution in [0.4, 0.5) is 5.69 Å². The Hall–Kier alpha value is -0.690. The van der Waals surface area contributed by atoms with Crippen LogP contribution in [0.3, 0.4) is 0 Å². The molecule has 0 atom stereocenters. The molecule has 2 rings (SSSR count). The van der Waals surface area contributed by atoms with Crippen molar-refractivity contribution in [3.8, 4) is 0 Å². The van der Waals surface area contributed by atoms with Crippen LogP contribution in [0.1, 0.15) is 15.2 Å². The number of rotatable bonds is 4. The summed E-state index contributed by atoms with van der Waals surface area (Å²) in [5.41, 5.74) is 1.98. The molecule has 3 nitrogen and oxygen atoms in total. The van der Waals surface area contributed by atoms with Crippen molar-refractivity contribution in [2.75, 3.05) is 19.4 Å². The molecule has 1 aromatic heterocycles. The predicted octanol–water partition coefficient (Wildman–Crippen LogP) is 4.59. The van der Waals surface area contributed by atoms with E-state index in [1.165, 1.54) is 16.9 Å². The van der Waals surface area contributed by atoms with Crippen LogP contribution in [0.2, 0.25) is 0 Å². The molecule has 1 aromatic carbocycles. The Morgan fingerprint density at radius 2 is 2.05 bits per heavy atom. The second-order valence-electron chi connectivity index (χ2n) is 4.62. The topological polar surface area (TPSA) is 32.3 Å². The van der Waals surface area contributed by atoms with E-state index in [4.69, 9.17) is 0 Å². The van der Waals surface area contributed by atoms with E-state index in [2.05, 4.69) is 42.1 Å². The van der Waals surface area contributed by atoms with Gasteiger partial charge in [-0.25, -0.2) is 0 Å². The molecule has 0 bridgehead atoms. The summed E-state index contributed by atoms with van der Waals surface area (Å²) >= 11 is 8.19. The minimum Gasteiger partial charge on any atom is -0.321 e. The minimum absolute atomic E-state index is 0.0941. The second-order valence-corrected chi connectivity index (χ2v) is 7.85. The quantitative estimate of drug-likeness (QED) is 0.788. The van der Waals surface area contributed by atoms with Gasteiger partial charge in [0.2, 0.25) is 0 Å². The molecular weight excluding hydrogens is 404 g/mol. The van der Waals surface area contributed by atoms with Crippen LogP contribution in [0.5, 0.6) is 0 Å². The fourth-order valence-electron chi connectivity index (χ4n) is 1.76. The fraction of sp³-hybridized carbons (Fsp3) is 0.214. The van der Waals surface area contributed by atoms with Crippen molar-refractivity contribution in [1.82, 2.24) is 4.90 Å². The molecule has 0 aliphatic rings. The number of anilines is 1. The van der Waals surface area contributed by atoms with E-state index >= 15 is 0 Å². The zero-order valence-corrected chi connectivity index (χ0v) is 15.1. The first kappa shape index (κ1) is 15.7. The van der Waals surface area contributed by atoms with Gasteiger partial charge in [-0.15, -0.1) is 11.3 Å². The van der Waals surface area contributed by atoms with E-state index in [0.29, 0.717) is 4.88 Å². The van der Waals surface area contributed by atoms with Crippen molar-refractivity contribution in [3.63, 3.8) is 0 Å². The number of hydrogen-bond acceptors (Lipinski definition) is 3. The molecule has 0 fully saturated rings. The highest BCUT2D eigenvalue weighted by Gasteiger charge is 2.12. The highest BCUT2D eigenvalue weighted by molar-refractivity contribution is 9.13. The van der Waals surface area contributed by atoms with Gasteiger partial charge >= 0.3 is 0 Å². The number of halogens is 2. The SMILES string of the molecule is CN(C)Cc1cccc(NC(=O)c2cc(Br)c(Br)s2)c1. The molecule has 0 saturated carbocycles. The Labute approximate surface area is 139 Å². The molecule has 0 spiro atoms.